The summed E-state index contributed by atoms with van der Waals surface area (Å²) in [6, 6.07) is 5.01. The van der Waals surface area contributed by atoms with Gasteiger partial charge >= 0.3 is 5.97 Å². The molecular weight excluding hydrogens is 210 g/mol. The molecule has 5 heteroatoms. The molecule has 0 bridgehead atoms. The number of nitriles is 1. The maximum Gasteiger partial charge on any atom is 0.308 e. The van der Waals surface area contributed by atoms with Crippen LogP contribution in [0.1, 0.15) is 11.1 Å². The van der Waals surface area contributed by atoms with E-state index in [0.717, 1.165) is 0 Å². The zero-order valence-corrected chi connectivity index (χ0v) is 8.98. The van der Waals surface area contributed by atoms with Crippen molar-refractivity contribution in [2.75, 3.05) is 14.2 Å². The normalized spacial score (nSPS) is 9.31. The second-order valence-electron chi connectivity index (χ2n) is 3.01. The van der Waals surface area contributed by atoms with E-state index in [1.54, 1.807) is 6.07 Å². The van der Waals surface area contributed by atoms with Crippen LogP contribution in [0.3, 0.4) is 0 Å². The Kier molecular flexibility index (Phi) is 3.72. The summed E-state index contributed by atoms with van der Waals surface area (Å²) in [5, 5.41) is 17.6. The van der Waals surface area contributed by atoms with Gasteiger partial charge < -0.3 is 14.6 Å². The van der Waals surface area contributed by atoms with Gasteiger partial charge in [-0.25, -0.2) is 0 Å². The Morgan fingerprint density at radius 3 is 2.56 bits per heavy atom. The van der Waals surface area contributed by atoms with E-state index < -0.39 is 5.97 Å². The number of carboxylic acids is 1. The number of benzene rings is 1. The Labute approximate surface area is 92.8 Å². The lowest BCUT2D eigenvalue weighted by Crippen LogP contribution is -2.06. The summed E-state index contributed by atoms with van der Waals surface area (Å²) >= 11 is 0. The van der Waals surface area contributed by atoms with Gasteiger partial charge in [0.25, 0.3) is 0 Å². The largest absolute Gasteiger partial charge is 0.493 e. The summed E-state index contributed by atoms with van der Waals surface area (Å²) in [4.78, 5) is 10.7. The van der Waals surface area contributed by atoms with Crippen molar-refractivity contribution < 1.29 is 19.4 Å². The highest BCUT2D eigenvalue weighted by Gasteiger charge is 2.17. The van der Waals surface area contributed by atoms with Crippen LogP contribution in [0.5, 0.6) is 11.5 Å². The molecular formula is C11H11NO4. The second kappa shape index (κ2) is 5.03. The third-order valence-electron chi connectivity index (χ3n) is 2.10. The minimum absolute atomic E-state index is 0.275. The van der Waals surface area contributed by atoms with Crippen LogP contribution in [0.4, 0.5) is 0 Å². The minimum atomic E-state index is -1.02. The number of hydrogen-bond donors (Lipinski definition) is 1. The van der Waals surface area contributed by atoms with Crippen LogP contribution in [-0.2, 0) is 11.2 Å². The summed E-state index contributed by atoms with van der Waals surface area (Å²) in [5.74, 6) is -0.315. The maximum absolute atomic E-state index is 10.7. The summed E-state index contributed by atoms with van der Waals surface area (Å²) in [5.41, 5.74) is 0.608. The predicted octanol–water partition coefficient (Wildman–Crippen LogP) is 1.20. The molecule has 0 aliphatic heterocycles. The Hall–Kier alpha value is -2.22. The van der Waals surface area contributed by atoms with Crippen molar-refractivity contribution in [1.82, 2.24) is 0 Å². The molecule has 1 rings (SSSR count). The van der Waals surface area contributed by atoms with Crippen molar-refractivity contribution in [2.45, 2.75) is 6.42 Å². The van der Waals surface area contributed by atoms with Gasteiger partial charge in [0.1, 0.15) is 0 Å². The number of methoxy groups -OCH3 is 2. The number of carboxylic acid groups (broad SMARTS) is 1. The lowest BCUT2D eigenvalue weighted by Gasteiger charge is -2.12. The first-order chi connectivity index (χ1) is 7.63. The Balaban J connectivity index is 3.37. The fourth-order valence-corrected chi connectivity index (χ4v) is 1.42. The van der Waals surface area contributed by atoms with Crippen molar-refractivity contribution in [1.29, 1.82) is 5.26 Å². The number of carbonyl (C=O) groups is 1. The molecule has 0 heterocycles. The van der Waals surface area contributed by atoms with E-state index >= 15 is 0 Å². The predicted molar refractivity (Wildman–Crippen MR) is 55.6 cm³/mol. The van der Waals surface area contributed by atoms with Crippen LogP contribution in [0.2, 0.25) is 0 Å². The summed E-state index contributed by atoms with van der Waals surface area (Å²) < 4.78 is 10.1. The van der Waals surface area contributed by atoms with Crippen molar-refractivity contribution in [3.8, 4) is 17.6 Å². The molecule has 16 heavy (non-hydrogen) atoms. The number of aliphatic carboxylic acids is 1. The molecule has 5 nitrogen and oxygen atoms in total. The zero-order valence-electron chi connectivity index (χ0n) is 8.98. The van der Waals surface area contributed by atoms with Crippen molar-refractivity contribution in [2.24, 2.45) is 0 Å². The molecule has 0 unspecified atom stereocenters. The maximum atomic E-state index is 10.7. The highest BCUT2D eigenvalue weighted by molar-refractivity contribution is 5.74. The summed E-state index contributed by atoms with van der Waals surface area (Å²) in [6.07, 6.45) is -0.275. The summed E-state index contributed by atoms with van der Waals surface area (Å²) in [7, 11) is 2.86. The molecule has 1 aromatic carbocycles. The van der Waals surface area contributed by atoms with Crippen LogP contribution in [0, 0.1) is 11.3 Å². The van der Waals surface area contributed by atoms with Gasteiger partial charge in [-0.15, -0.1) is 0 Å². The fourth-order valence-electron chi connectivity index (χ4n) is 1.42. The highest BCUT2D eigenvalue weighted by atomic mass is 16.5. The van der Waals surface area contributed by atoms with E-state index in [2.05, 4.69) is 0 Å². The monoisotopic (exact) mass is 221 g/mol. The van der Waals surface area contributed by atoms with E-state index in [1.807, 2.05) is 6.07 Å². The van der Waals surface area contributed by atoms with Crippen LogP contribution >= 0.6 is 0 Å². The molecule has 1 N–H and O–H groups in total. The van der Waals surface area contributed by atoms with Gasteiger partial charge in [0.2, 0.25) is 0 Å². The van der Waals surface area contributed by atoms with E-state index in [0.29, 0.717) is 17.1 Å². The van der Waals surface area contributed by atoms with E-state index in [1.165, 1.54) is 20.3 Å². The standard InChI is InChI=1S/C11H11NO4/c1-15-9-4-3-7(6-12)8(5-10(13)14)11(9)16-2/h3-4H,5H2,1-2H3,(H,13,14). The molecule has 0 radical (unpaired) electrons. The first kappa shape index (κ1) is 11.9. The van der Waals surface area contributed by atoms with Crippen LogP contribution in [0.25, 0.3) is 0 Å². The third-order valence-corrected chi connectivity index (χ3v) is 2.10. The third kappa shape index (κ3) is 2.23. The van der Waals surface area contributed by atoms with Gasteiger partial charge in [-0.1, -0.05) is 0 Å². The molecule has 0 aliphatic carbocycles. The average Bonchev–Trinajstić information content (AvgIpc) is 2.27. The highest BCUT2D eigenvalue weighted by Crippen LogP contribution is 2.33. The van der Waals surface area contributed by atoms with Crippen LogP contribution < -0.4 is 9.47 Å². The molecule has 0 aromatic heterocycles. The molecule has 0 aliphatic rings. The van der Waals surface area contributed by atoms with Gasteiger partial charge in [0.05, 0.1) is 32.3 Å². The van der Waals surface area contributed by atoms with Gasteiger partial charge in [0.15, 0.2) is 11.5 Å². The molecule has 0 amide bonds. The molecule has 84 valence electrons. The Morgan fingerprint density at radius 1 is 1.44 bits per heavy atom. The Bertz CT molecular complexity index is 448. The van der Waals surface area contributed by atoms with Crippen molar-refractivity contribution >= 4 is 5.97 Å². The Morgan fingerprint density at radius 2 is 2.12 bits per heavy atom. The quantitative estimate of drug-likeness (QED) is 0.826. The molecule has 0 saturated heterocycles. The smallest absolute Gasteiger partial charge is 0.308 e. The lowest BCUT2D eigenvalue weighted by molar-refractivity contribution is -0.136. The topological polar surface area (TPSA) is 79.5 Å². The molecule has 0 saturated carbocycles. The summed E-state index contributed by atoms with van der Waals surface area (Å²) in [6.45, 7) is 0. The number of rotatable bonds is 4. The number of hydrogen-bond acceptors (Lipinski definition) is 4. The number of nitrogens with zero attached hydrogens (tertiary/aromatic N) is 1. The van der Waals surface area contributed by atoms with Crippen molar-refractivity contribution in [3.05, 3.63) is 23.3 Å². The second-order valence-corrected chi connectivity index (χ2v) is 3.01. The average molecular weight is 221 g/mol. The first-order valence-corrected chi connectivity index (χ1v) is 4.49. The minimum Gasteiger partial charge on any atom is -0.493 e. The van der Waals surface area contributed by atoms with E-state index in [-0.39, 0.29) is 12.0 Å². The zero-order chi connectivity index (χ0) is 12.1. The van der Waals surface area contributed by atoms with E-state index in [4.69, 9.17) is 19.8 Å². The molecule has 0 fully saturated rings. The molecule has 1 aromatic rings. The van der Waals surface area contributed by atoms with Crippen LogP contribution in [-0.4, -0.2) is 25.3 Å². The SMILES string of the molecule is COc1ccc(C#N)c(CC(=O)O)c1OC. The van der Waals surface area contributed by atoms with E-state index in [9.17, 15) is 4.79 Å². The van der Waals surface area contributed by atoms with Crippen LogP contribution in [0.15, 0.2) is 12.1 Å². The van der Waals surface area contributed by atoms with Gasteiger partial charge in [-0.05, 0) is 12.1 Å². The van der Waals surface area contributed by atoms with Gasteiger partial charge in [0, 0.05) is 5.56 Å². The molecule has 0 atom stereocenters. The molecule has 0 spiro atoms. The lowest BCUT2D eigenvalue weighted by atomic mass is 10.0. The van der Waals surface area contributed by atoms with Crippen molar-refractivity contribution in [3.63, 3.8) is 0 Å². The fraction of sp³-hybridized carbons (Fsp3) is 0.273. The number of ether oxygens (including phenoxy) is 2. The van der Waals surface area contributed by atoms with Gasteiger partial charge in [-0.2, -0.15) is 5.26 Å². The first-order valence-electron chi connectivity index (χ1n) is 4.49. The van der Waals surface area contributed by atoms with Gasteiger partial charge in [-0.3, -0.25) is 4.79 Å².